The van der Waals surface area contributed by atoms with E-state index in [1.165, 1.54) is 0 Å². The van der Waals surface area contributed by atoms with Gasteiger partial charge in [0.25, 0.3) is 0 Å². The fraction of sp³-hybridized carbons (Fsp3) is 0.562. The normalized spacial score (nSPS) is 23.7. The summed E-state index contributed by atoms with van der Waals surface area (Å²) in [7, 11) is 0. The van der Waals surface area contributed by atoms with Crippen LogP contribution in [0.15, 0.2) is 30.3 Å². The Bertz CT molecular complexity index is 633. The Labute approximate surface area is 135 Å². The van der Waals surface area contributed by atoms with Crippen molar-refractivity contribution in [2.45, 2.75) is 37.3 Å². The van der Waals surface area contributed by atoms with Gasteiger partial charge in [-0.25, -0.2) is 0 Å². The monoisotopic (exact) mass is 315 g/mol. The second kappa shape index (κ2) is 6.25. The molecule has 1 atom stereocenters. The number of aromatic nitrogens is 4. The summed E-state index contributed by atoms with van der Waals surface area (Å²) in [6.07, 6.45) is 3.87. The van der Waals surface area contributed by atoms with Crippen LogP contribution in [-0.2, 0) is 9.47 Å². The second-order valence-corrected chi connectivity index (χ2v) is 6.23. The van der Waals surface area contributed by atoms with Crippen molar-refractivity contribution in [1.29, 1.82) is 0 Å². The third kappa shape index (κ3) is 3.07. The van der Waals surface area contributed by atoms with Crippen molar-refractivity contribution in [1.82, 2.24) is 20.2 Å². The summed E-state index contributed by atoms with van der Waals surface area (Å²) >= 11 is 0. The molecule has 2 aromatic rings. The lowest BCUT2D eigenvalue weighted by atomic mass is 9.84. The molecule has 3 heterocycles. The fourth-order valence-corrected chi connectivity index (χ4v) is 3.45. The first-order chi connectivity index (χ1) is 11.3. The SMILES string of the molecule is c1ccc(-n2nnnc2N[C@@H]2CCOC3(CCOCC3)C2)cc1. The molecular formula is C16H21N5O2. The van der Waals surface area contributed by atoms with Crippen LogP contribution in [-0.4, -0.2) is 51.7 Å². The highest BCUT2D eigenvalue weighted by atomic mass is 16.5. The third-order valence-electron chi connectivity index (χ3n) is 4.70. The van der Waals surface area contributed by atoms with E-state index in [0.29, 0.717) is 12.0 Å². The summed E-state index contributed by atoms with van der Waals surface area (Å²) in [5.41, 5.74) is 0.909. The van der Waals surface area contributed by atoms with Crippen molar-refractivity contribution in [2.24, 2.45) is 0 Å². The van der Waals surface area contributed by atoms with Gasteiger partial charge < -0.3 is 14.8 Å². The number of hydrogen-bond acceptors (Lipinski definition) is 6. The number of ether oxygens (including phenoxy) is 2. The van der Waals surface area contributed by atoms with Crippen LogP contribution in [0, 0.1) is 0 Å². The van der Waals surface area contributed by atoms with E-state index in [-0.39, 0.29) is 5.60 Å². The molecule has 0 saturated carbocycles. The predicted octanol–water partition coefficient (Wildman–Crippen LogP) is 1.80. The van der Waals surface area contributed by atoms with Crippen LogP contribution in [0.1, 0.15) is 25.7 Å². The Morgan fingerprint density at radius 3 is 2.78 bits per heavy atom. The van der Waals surface area contributed by atoms with E-state index in [1.54, 1.807) is 4.68 Å². The Morgan fingerprint density at radius 1 is 1.13 bits per heavy atom. The van der Waals surface area contributed by atoms with Gasteiger partial charge in [0.05, 0.1) is 11.3 Å². The zero-order chi connectivity index (χ0) is 15.5. The van der Waals surface area contributed by atoms with Crippen molar-refractivity contribution in [3.63, 3.8) is 0 Å². The summed E-state index contributed by atoms with van der Waals surface area (Å²) in [4.78, 5) is 0. The number of nitrogens with zero attached hydrogens (tertiary/aromatic N) is 4. The lowest BCUT2D eigenvalue weighted by Crippen LogP contribution is -2.48. The Hall–Kier alpha value is -1.99. The van der Waals surface area contributed by atoms with Gasteiger partial charge in [0.2, 0.25) is 5.95 Å². The fourth-order valence-electron chi connectivity index (χ4n) is 3.45. The smallest absolute Gasteiger partial charge is 0.247 e. The molecule has 2 saturated heterocycles. The number of nitrogens with one attached hydrogen (secondary N) is 1. The van der Waals surface area contributed by atoms with Crippen molar-refractivity contribution >= 4 is 5.95 Å². The average molecular weight is 315 g/mol. The number of tetrazole rings is 1. The number of anilines is 1. The maximum atomic E-state index is 6.09. The van der Waals surface area contributed by atoms with Gasteiger partial charge in [0.1, 0.15) is 0 Å². The van der Waals surface area contributed by atoms with E-state index < -0.39 is 0 Å². The molecule has 2 aliphatic heterocycles. The summed E-state index contributed by atoms with van der Waals surface area (Å²) in [5, 5.41) is 15.6. The highest BCUT2D eigenvalue weighted by Crippen LogP contribution is 2.35. The summed E-state index contributed by atoms with van der Waals surface area (Å²) in [6, 6.07) is 10.2. The van der Waals surface area contributed by atoms with Gasteiger partial charge in [-0.1, -0.05) is 23.3 Å². The maximum absolute atomic E-state index is 6.09. The van der Waals surface area contributed by atoms with Crippen LogP contribution in [0.5, 0.6) is 0 Å². The van der Waals surface area contributed by atoms with Crippen LogP contribution in [0.25, 0.3) is 5.69 Å². The average Bonchev–Trinajstić information content (AvgIpc) is 3.04. The van der Waals surface area contributed by atoms with Crippen LogP contribution in [0.2, 0.25) is 0 Å². The van der Waals surface area contributed by atoms with Crippen LogP contribution in [0.3, 0.4) is 0 Å². The van der Waals surface area contributed by atoms with Crippen LogP contribution in [0.4, 0.5) is 5.95 Å². The molecule has 0 bridgehead atoms. The van der Waals surface area contributed by atoms with E-state index in [1.807, 2.05) is 30.3 Å². The molecule has 0 aliphatic carbocycles. The molecule has 1 aromatic carbocycles. The van der Waals surface area contributed by atoms with E-state index in [4.69, 9.17) is 9.47 Å². The van der Waals surface area contributed by atoms with Crippen molar-refractivity contribution in [3.8, 4) is 5.69 Å². The van der Waals surface area contributed by atoms with Crippen molar-refractivity contribution in [2.75, 3.05) is 25.1 Å². The first-order valence-electron chi connectivity index (χ1n) is 8.17. The Balaban J connectivity index is 1.49. The minimum Gasteiger partial charge on any atom is -0.381 e. The molecule has 2 aliphatic rings. The molecule has 1 aromatic heterocycles. The lowest BCUT2D eigenvalue weighted by Gasteiger charge is -2.43. The van der Waals surface area contributed by atoms with Gasteiger partial charge in [-0.05, 0) is 48.2 Å². The standard InChI is InChI=1S/C16H21N5O2/c1-2-4-14(5-3-1)21-15(18-19-20-21)17-13-6-9-23-16(12-13)7-10-22-11-8-16/h1-5,13H,6-12H2,(H,17,18,20)/t13-/m1/s1. The first kappa shape index (κ1) is 14.6. The number of hydrogen-bond donors (Lipinski definition) is 1. The van der Waals surface area contributed by atoms with E-state index >= 15 is 0 Å². The molecule has 122 valence electrons. The number of para-hydroxylation sites is 1. The molecule has 7 nitrogen and oxygen atoms in total. The summed E-state index contributed by atoms with van der Waals surface area (Å²) < 4.78 is 13.3. The summed E-state index contributed by atoms with van der Waals surface area (Å²) in [5.74, 6) is 0.685. The molecule has 0 radical (unpaired) electrons. The van der Waals surface area contributed by atoms with Gasteiger partial charge in [-0.3, -0.25) is 0 Å². The molecule has 4 rings (SSSR count). The van der Waals surface area contributed by atoms with Crippen LogP contribution < -0.4 is 5.32 Å². The maximum Gasteiger partial charge on any atom is 0.247 e. The molecule has 23 heavy (non-hydrogen) atoms. The minimum absolute atomic E-state index is 0.0425. The first-order valence-corrected chi connectivity index (χ1v) is 8.17. The van der Waals surface area contributed by atoms with Gasteiger partial charge in [0, 0.05) is 25.9 Å². The quantitative estimate of drug-likeness (QED) is 0.931. The molecule has 7 heteroatoms. The molecule has 0 unspecified atom stereocenters. The van der Waals surface area contributed by atoms with Gasteiger partial charge in [-0.2, -0.15) is 4.68 Å². The topological polar surface area (TPSA) is 74.1 Å². The second-order valence-electron chi connectivity index (χ2n) is 6.23. The van der Waals surface area contributed by atoms with E-state index in [9.17, 15) is 0 Å². The van der Waals surface area contributed by atoms with E-state index in [2.05, 4.69) is 20.8 Å². The third-order valence-corrected chi connectivity index (χ3v) is 4.70. The Kier molecular flexibility index (Phi) is 3.97. The predicted molar refractivity (Wildman–Crippen MR) is 84.5 cm³/mol. The Morgan fingerprint density at radius 2 is 1.96 bits per heavy atom. The van der Waals surface area contributed by atoms with Gasteiger partial charge in [-0.15, -0.1) is 0 Å². The van der Waals surface area contributed by atoms with Crippen molar-refractivity contribution < 1.29 is 9.47 Å². The zero-order valence-corrected chi connectivity index (χ0v) is 13.0. The largest absolute Gasteiger partial charge is 0.381 e. The summed E-state index contributed by atoms with van der Waals surface area (Å²) in [6.45, 7) is 2.34. The molecule has 1 N–H and O–H groups in total. The zero-order valence-electron chi connectivity index (χ0n) is 13.0. The van der Waals surface area contributed by atoms with Gasteiger partial charge >= 0.3 is 0 Å². The minimum atomic E-state index is -0.0425. The van der Waals surface area contributed by atoms with E-state index in [0.717, 1.165) is 51.2 Å². The number of benzene rings is 1. The highest BCUT2D eigenvalue weighted by Gasteiger charge is 2.39. The molecule has 0 amide bonds. The highest BCUT2D eigenvalue weighted by molar-refractivity contribution is 5.39. The molecular weight excluding hydrogens is 294 g/mol. The van der Waals surface area contributed by atoms with Crippen LogP contribution >= 0.6 is 0 Å². The van der Waals surface area contributed by atoms with Gasteiger partial charge in [0.15, 0.2) is 0 Å². The lowest BCUT2D eigenvalue weighted by molar-refractivity contribution is -0.135. The van der Waals surface area contributed by atoms with Crippen molar-refractivity contribution in [3.05, 3.63) is 30.3 Å². The molecule has 2 fully saturated rings. The number of rotatable bonds is 3. The molecule has 1 spiro atoms.